The van der Waals surface area contributed by atoms with Crippen molar-refractivity contribution < 1.29 is 37.7 Å². The highest BCUT2D eigenvalue weighted by molar-refractivity contribution is 8.03. The molecule has 1 aromatic rings. The normalized spacial score (nSPS) is 24.1. The molecule has 32 heavy (non-hydrogen) atoms. The van der Waals surface area contributed by atoms with Crippen molar-refractivity contribution >= 4 is 29.5 Å². The van der Waals surface area contributed by atoms with Gasteiger partial charge in [0.05, 0.1) is 17.5 Å². The Hall–Kier alpha value is -2.92. The molecule has 1 fully saturated rings. The van der Waals surface area contributed by atoms with Gasteiger partial charge in [0.1, 0.15) is 17.9 Å². The third-order valence-corrected chi connectivity index (χ3v) is 6.56. The van der Waals surface area contributed by atoms with Crippen LogP contribution in [-0.2, 0) is 19.1 Å². The molecular weight excluding hydrogens is 446 g/mol. The first-order chi connectivity index (χ1) is 15.3. The number of rotatable bonds is 6. The van der Waals surface area contributed by atoms with Crippen LogP contribution in [0.25, 0.3) is 0 Å². The van der Waals surface area contributed by atoms with Crippen LogP contribution in [0.4, 0.5) is 8.78 Å². The Labute approximate surface area is 186 Å². The standard InChI is InChI=1S/C21H20F2N2O6S/c22-21(23)30-12-8-13(20(28)29)25(10-12)18(26)9-24-19(27)11-5-6-17-15(7-11)31-14-3-1-2-4-16(14)32-17/h1-6,12-13,15,21H,7-10H2,(H,24,27)(H,28,29)/t12?,13-,15?/m0/s1. The predicted octanol–water partition coefficient (Wildman–Crippen LogP) is 2.16. The number of carbonyl (C=O) groups is 3. The first kappa shape index (κ1) is 22.3. The smallest absolute Gasteiger partial charge is 0.345 e. The average molecular weight is 466 g/mol. The topological polar surface area (TPSA) is 105 Å². The molecule has 3 atom stereocenters. The first-order valence-corrected chi connectivity index (χ1v) is 10.7. The molecular formula is C21H20F2N2O6S. The molecule has 2 aliphatic heterocycles. The van der Waals surface area contributed by atoms with Crippen molar-refractivity contribution in [1.29, 1.82) is 0 Å². The van der Waals surface area contributed by atoms with Crippen LogP contribution in [0.5, 0.6) is 5.75 Å². The van der Waals surface area contributed by atoms with Crippen LogP contribution in [0.3, 0.4) is 0 Å². The summed E-state index contributed by atoms with van der Waals surface area (Å²) in [5.74, 6) is -1.74. The lowest BCUT2D eigenvalue weighted by atomic mass is 10.0. The molecule has 170 valence electrons. The maximum Gasteiger partial charge on any atom is 0.345 e. The highest BCUT2D eigenvalue weighted by atomic mass is 32.2. The van der Waals surface area contributed by atoms with E-state index in [2.05, 4.69) is 10.1 Å². The molecule has 8 nitrogen and oxygen atoms in total. The van der Waals surface area contributed by atoms with Crippen molar-refractivity contribution in [2.75, 3.05) is 13.1 Å². The first-order valence-electron chi connectivity index (χ1n) is 9.90. The lowest BCUT2D eigenvalue weighted by Crippen LogP contribution is -2.46. The number of carboxylic acids is 1. The second kappa shape index (κ2) is 9.29. The van der Waals surface area contributed by atoms with E-state index in [1.165, 1.54) is 0 Å². The van der Waals surface area contributed by atoms with Gasteiger partial charge >= 0.3 is 12.6 Å². The monoisotopic (exact) mass is 466 g/mol. The maximum absolute atomic E-state index is 12.6. The van der Waals surface area contributed by atoms with Crippen molar-refractivity contribution in [3.05, 3.63) is 46.9 Å². The summed E-state index contributed by atoms with van der Waals surface area (Å²) in [6.07, 6.45) is 2.16. The van der Waals surface area contributed by atoms with Crippen LogP contribution < -0.4 is 10.1 Å². The number of para-hydroxylation sites is 1. The molecule has 1 aliphatic carbocycles. The van der Waals surface area contributed by atoms with Crippen molar-refractivity contribution in [1.82, 2.24) is 10.2 Å². The van der Waals surface area contributed by atoms with Crippen LogP contribution in [0, 0.1) is 0 Å². The summed E-state index contributed by atoms with van der Waals surface area (Å²) in [7, 11) is 0. The zero-order valence-corrected chi connectivity index (χ0v) is 17.5. The second-order valence-corrected chi connectivity index (χ2v) is 8.57. The van der Waals surface area contributed by atoms with Gasteiger partial charge in [0.15, 0.2) is 0 Å². The van der Waals surface area contributed by atoms with Crippen LogP contribution >= 0.6 is 11.8 Å². The largest absolute Gasteiger partial charge is 0.484 e. The number of ether oxygens (including phenoxy) is 2. The number of hydrogen-bond acceptors (Lipinski definition) is 6. The number of benzene rings is 1. The Balaban J connectivity index is 1.35. The number of carboxylic acid groups (broad SMARTS) is 1. The lowest BCUT2D eigenvalue weighted by Gasteiger charge is -2.30. The van der Waals surface area contributed by atoms with E-state index in [1.807, 2.05) is 24.3 Å². The van der Waals surface area contributed by atoms with E-state index in [0.29, 0.717) is 12.0 Å². The van der Waals surface area contributed by atoms with Gasteiger partial charge in [0, 0.05) is 29.9 Å². The molecule has 3 aliphatic rings. The number of amides is 2. The number of allylic oxidation sites excluding steroid dienone is 2. The molecule has 2 unspecified atom stereocenters. The van der Waals surface area contributed by atoms with Crippen molar-refractivity contribution in [3.8, 4) is 5.75 Å². The van der Waals surface area contributed by atoms with Crippen molar-refractivity contribution in [2.24, 2.45) is 0 Å². The number of thioether (sulfide) groups is 1. The summed E-state index contributed by atoms with van der Waals surface area (Å²) in [4.78, 5) is 39.4. The highest BCUT2D eigenvalue weighted by Gasteiger charge is 2.41. The van der Waals surface area contributed by atoms with Gasteiger partial charge in [-0.2, -0.15) is 8.78 Å². The quantitative estimate of drug-likeness (QED) is 0.662. The number of nitrogens with one attached hydrogen (secondary N) is 1. The van der Waals surface area contributed by atoms with Gasteiger partial charge < -0.3 is 24.8 Å². The number of carbonyl (C=O) groups excluding carboxylic acids is 2. The fraction of sp³-hybridized carbons (Fsp3) is 0.381. The van der Waals surface area contributed by atoms with E-state index < -0.39 is 43.1 Å². The number of fused-ring (bicyclic) bond motifs is 2. The van der Waals surface area contributed by atoms with Crippen LogP contribution in [0.15, 0.2) is 51.8 Å². The molecule has 1 saturated heterocycles. The number of hydrogen-bond donors (Lipinski definition) is 2. The summed E-state index contributed by atoms with van der Waals surface area (Å²) in [6, 6.07) is 6.31. The number of likely N-dealkylation sites (tertiary alicyclic amines) is 1. The summed E-state index contributed by atoms with van der Waals surface area (Å²) in [6.45, 7) is -3.80. The van der Waals surface area contributed by atoms with E-state index in [4.69, 9.17) is 4.74 Å². The Kier molecular flexibility index (Phi) is 6.47. The maximum atomic E-state index is 12.6. The summed E-state index contributed by atoms with van der Waals surface area (Å²) >= 11 is 1.58. The molecule has 2 amide bonds. The van der Waals surface area contributed by atoms with E-state index in [1.54, 1.807) is 23.9 Å². The predicted molar refractivity (Wildman–Crippen MR) is 109 cm³/mol. The Bertz CT molecular complexity index is 998. The molecule has 4 rings (SSSR count). The highest BCUT2D eigenvalue weighted by Crippen LogP contribution is 2.44. The van der Waals surface area contributed by atoms with Crippen molar-refractivity contribution in [2.45, 2.75) is 42.6 Å². The molecule has 0 spiro atoms. The molecule has 0 radical (unpaired) electrons. The Morgan fingerprint density at radius 3 is 2.81 bits per heavy atom. The van der Waals surface area contributed by atoms with Crippen LogP contribution in [-0.4, -0.2) is 65.7 Å². The number of nitrogens with zero attached hydrogens (tertiary/aromatic N) is 1. The summed E-state index contributed by atoms with van der Waals surface area (Å²) in [5, 5.41) is 11.8. The third kappa shape index (κ3) is 4.78. The van der Waals surface area contributed by atoms with Gasteiger partial charge in [0.2, 0.25) is 11.8 Å². The van der Waals surface area contributed by atoms with E-state index in [9.17, 15) is 28.3 Å². The van der Waals surface area contributed by atoms with Gasteiger partial charge in [-0.1, -0.05) is 30.0 Å². The second-order valence-electron chi connectivity index (χ2n) is 7.46. The third-order valence-electron chi connectivity index (χ3n) is 5.37. The molecule has 0 bridgehead atoms. The Morgan fingerprint density at radius 1 is 1.28 bits per heavy atom. The molecule has 2 heterocycles. The van der Waals surface area contributed by atoms with Gasteiger partial charge in [-0.3, -0.25) is 9.59 Å². The molecule has 0 saturated carbocycles. The summed E-state index contributed by atoms with van der Waals surface area (Å²) < 4.78 is 35.2. The minimum Gasteiger partial charge on any atom is -0.484 e. The minimum atomic E-state index is -3.06. The fourth-order valence-electron chi connectivity index (χ4n) is 3.86. The molecule has 2 N–H and O–H groups in total. The zero-order valence-electron chi connectivity index (χ0n) is 16.7. The number of halogens is 2. The van der Waals surface area contributed by atoms with Crippen LogP contribution in [0.1, 0.15) is 12.8 Å². The fourth-order valence-corrected chi connectivity index (χ4v) is 4.88. The molecule has 0 aromatic heterocycles. The van der Waals surface area contributed by atoms with Gasteiger partial charge in [-0.15, -0.1) is 0 Å². The van der Waals surface area contributed by atoms with Gasteiger partial charge in [-0.25, -0.2) is 4.79 Å². The molecule has 11 heteroatoms. The van der Waals surface area contributed by atoms with Gasteiger partial charge in [-0.05, 0) is 18.2 Å². The van der Waals surface area contributed by atoms with Crippen molar-refractivity contribution in [3.63, 3.8) is 0 Å². The summed E-state index contributed by atoms with van der Waals surface area (Å²) in [5.41, 5.74) is 0.418. The Morgan fingerprint density at radius 2 is 2.06 bits per heavy atom. The van der Waals surface area contributed by atoms with E-state index >= 15 is 0 Å². The zero-order chi connectivity index (χ0) is 22.8. The SMILES string of the molecule is O=C(NCC(=O)N1CC(OC(F)F)C[C@H]1C(=O)O)C1=CC=C2Sc3ccccc3OC2C1. The van der Waals surface area contributed by atoms with Gasteiger partial charge in [0.25, 0.3) is 0 Å². The lowest BCUT2D eigenvalue weighted by molar-refractivity contribution is -0.160. The average Bonchev–Trinajstić information content (AvgIpc) is 3.19. The minimum absolute atomic E-state index is 0.240. The number of aliphatic carboxylic acids is 1. The molecule has 1 aromatic carbocycles. The van der Waals surface area contributed by atoms with E-state index in [-0.39, 0.29) is 19.1 Å². The van der Waals surface area contributed by atoms with Crippen LogP contribution in [0.2, 0.25) is 0 Å². The number of alkyl halides is 2. The van der Waals surface area contributed by atoms with E-state index in [0.717, 1.165) is 20.5 Å².